The number of halogens is 1. The number of anilines is 1. The van der Waals surface area contributed by atoms with Crippen LogP contribution < -0.4 is 10.6 Å². The van der Waals surface area contributed by atoms with Gasteiger partial charge in [-0.15, -0.1) is 0 Å². The summed E-state index contributed by atoms with van der Waals surface area (Å²) in [5.74, 6) is -0.180. The molecular formula is C16H20BrN3O3. The smallest absolute Gasteiger partial charge is 0.409 e. The lowest BCUT2D eigenvalue weighted by Gasteiger charge is -2.38. The van der Waals surface area contributed by atoms with Crippen molar-refractivity contribution in [2.45, 2.75) is 25.3 Å². The minimum atomic E-state index is -0.347. The maximum Gasteiger partial charge on any atom is 0.409 e. The number of piperidine rings is 1. The quantitative estimate of drug-likeness (QED) is 0.869. The zero-order valence-electron chi connectivity index (χ0n) is 13.0. The number of nitrogens with zero attached hydrogens (tertiary/aromatic N) is 2. The molecule has 2 heterocycles. The average Bonchev–Trinajstić information content (AvgIpc) is 2.82. The van der Waals surface area contributed by atoms with Crippen LogP contribution in [-0.2, 0) is 9.53 Å². The predicted molar refractivity (Wildman–Crippen MR) is 90.4 cm³/mol. The molecule has 0 spiro atoms. The third-order valence-corrected chi connectivity index (χ3v) is 5.17. The largest absolute Gasteiger partial charge is 0.450 e. The molecule has 2 unspecified atom stereocenters. The van der Waals surface area contributed by atoms with E-state index in [-0.39, 0.29) is 30.5 Å². The molecule has 2 aliphatic rings. The number of ether oxygens (including phenoxy) is 1. The van der Waals surface area contributed by atoms with Crippen molar-refractivity contribution in [3.63, 3.8) is 0 Å². The van der Waals surface area contributed by atoms with Crippen LogP contribution in [-0.4, -0.2) is 49.2 Å². The minimum Gasteiger partial charge on any atom is -0.450 e. The van der Waals surface area contributed by atoms with E-state index in [0.29, 0.717) is 19.7 Å². The molecule has 1 fully saturated rings. The molecular weight excluding hydrogens is 362 g/mol. The summed E-state index contributed by atoms with van der Waals surface area (Å²) in [5.41, 5.74) is 7.61. The average molecular weight is 382 g/mol. The number of carbonyl (C=O) groups is 2. The fourth-order valence-corrected chi connectivity index (χ4v) is 4.27. The van der Waals surface area contributed by atoms with Crippen molar-refractivity contribution in [3.8, 4) is 0 Å². The lowest BCUT2D eigenvalue weighted by atomic mass is 9.89. The summed E-state index contributed by atoms with van der Waals surface area (Å²) < 4.78 is 6.08. The SMILES string of the molecule is CCOC(=O)N1CCC2C(C1)c1cccc(Br)c1N2CC(N)=O. The van der Waals surface area contributed by atoms with Gasteiger partial charge in [0.1, 0.15) is 0 Å². The first-order chi connectivity index (χ1) is 11.0. The normalized spacial score (nSPS) is 22.5. The maximum atomic E-state index is 12.0. The number of primary amides is 1. The molecule has 2 atom stereocenters. The predicted octanol–water partition coefficient (Wildman–Crippen LogP) is 2.07. The highest BCUT2D eigenvalue weighted by atomic mass is 79.9. The van der Waals surface area contributed by atoms with Gasteiger partial charge >= 0.3 is 6.09 Å². The molecule has 1 aromatic carbocycles. The Balaban J connectivity index is 1.91. The lowest BCUT2D eigenvalue weighted by molar-refractivity contribution is -0.116. The fraction of sp³-hybridized carbons (Fsp3) is 0.500. The number of benzene rings is 1. The molecule has 1 aromatic rings. The zero-order chi connectivity index (χ0) is 16.6. The first-order valence-electron chi connectivity index (χ1n) is 7.78. The molecule has 7 heteroatoms. The highest BCUT2D eigenvalue weighted by Crippen LogP contribution is 2.47. The highest BCUT2D eigenvalue weighted by molar-refractivity contribution is 9.10. The van der Waals surface area contributed by atoms with E-state index < -0.39 is 0 Å². The van der Waals surface area contributed by atoms with Gasteiger partial charge in [0.25, 0.3) is 0 Å². The second-order valence-electron chi connectivity index (χ2n) is 5.88. The van der Waals surface area contributed by atoms with Gasteiger partial charge in [-0.25, -0.2) is 4.79 Å². The Bertz CT molecular complexity index is 637. The first kappa shape index (κ1) is 16.1. The van der Waals surface area contributed by atoms with Crippen LogP contribution in [0.15, 0.2) is 22.7 Å². The Kier molecular flexibility index (Phi) is 4.48. The number of rotatable bonds is 3. The van der Waals surface area contributed by atoms with Crippen molar-refractivity contribution in [3.05, 3.63) is 28.2 Å². The number of hydrogen-bond acceptors (Lipinski definition) is 4. The van der Waals surface area contributed by atoms with E-state index in [0.717, 1.165) is 22.1 Å². The van der Waals surface area contributed by atoms with Crippen molar-refractivity contribution in [2.75, 3.05) is 31.1 Å². The second-order valence-corrected chi connectivity index (χ2v) is 6.73. The summed E-state index contributed by atoms with van der Waals surface area (Å²) in [4.78, 5) is 27.4. The van der Waals surface area contributed by atoms with Crippen LogP contribution in [0.3, 0.4) is 0 Å². The van der Waals surface area contributed by atoms with Crippen molar-refractivity contribution < 1.29 is 14.3 Å². The van der Waals surface area contributed by atoms with Crippen molar-refractivity contribution >= 4 is 33.6 Å². The van der Waals surface area contributed by atoms with Gasteiger partial charge in [-0.05, 0) is 40.9 Å². The molecule has 2 amide bonds. The fourth-order valence-electron chi connectivity index (χ4n) is 3.66. The summed E-state index contributed by atoms with van der Waals surface area (Å²) in [7, 11) is 0. The van der Waals surface area contributed by atoms with Crippen LogP contribution >= 0.6 is 15.9 Å². The van der Waals surface area contributed by atoms with Crippen LogP contribution in [0.1, 0.15) is 24.8 Å². The van der Waals surface area contributed by atoms with Crippen LogP contribution in [0.25, 0.3) is 0 Å². The van der Waals surface area contributed by atoms with Gasteiger partial charge in [0, 0.05) is 29.5 Å². The van der Waals surface area contributed by atoms with E-state index in [2.05, 4.69) is 26.9 Å². The van der Waals surface area contributed by atoms with Crippen molar-refractivity contribution in [1.29, 1.82) is 0 Å². The summed E-state index contributed by atoms with van der Waals surface area (Å²) in [6.45, 7) is 3.60. The Morgan fingerprint density at radius 3 is 2.91 bits per heavy atom. The molecule has 3 rings (SSSR count). The van der Waals surface area contributed by atoms with Crippen molar-refractivity contribution in [2.24, 2.45) is 5.73 Å². The molecule has 0 saturated carbocycles. The molecule has 2 aliphatic heterocycles. The van der Waals surface area contributed by atoms with E-state index >= 15 is 0 Å². The molecule has 0 aromatic heterocycles. The number of nitrogens with two attached hydrogens (primary N) is 1. The monoisotopic (exact) mass is 381 g/mol. The zero-order valence-corrected chi connectivity index (χ0v) is 14.6. The molecule has 1 saturated heterocycles. The highest BCUT2D eigenvalue weighted by Gasteiger charge is 2.44. The van der Waals surface area contributed by atoms with Crippen molar-refractivity contribution in [1.82, 2.24) is 4.90 Å². The summed E-state index contributed by atoms with van der Waals surface area (Å²) in [5, 5.41) is 0. The van der Waals surface area contributed by atoms with Gasteiger partial charge in [0.05, 0.1) is 18.8 Å². The Labute approximate surface area is 143 Å². The molecule has 0 aliphatic carbocycles. The van der Waals surface area contributed by atoms with Gasteiger partial charge in [-0.3, -0.25) is 4.79 Å². The van der Waals surface area contributed by atoms with E-state index in [1.165, 1.54) is 0 Å². The Morgan fingerprint density at radius 1 is 1.43 bits per heavy atom. The Hall–Kier alpha value is -1.76. The topological polar surface area (TPSA) is 75.9 Å². The number of hydrogen-bond donors (Lipinski definition) is 1. The van der Waals surface area contributed by atoms with Crippen LogP contribution in [0, 0.1) is 0 Å². The molecule has 2 N–H and O–H groups in total. The number of fused-ring (bicyclic) bond motifs is 3. The van der Waals surface area contributed by atoms with Gasteiger partial charge in [-0.1, -0.05) is 12.1 Å². The van der Waals surface area contributed by atoms with E-state index in [4.69, 9.17) is 10.5 Å². The van der Waals surface area contributed by atoms with Gasteiger partial charge in [0.15, 0.2) is 0 Å². The maximum absolute atomic E-state index is 12.0. The van der Waals surface area contributed by atoms with Crippen LogP contribution in [0.5, 0.6) is 0 Å². The van der Waals surface area contributed by atoms with Crippen LogP contribution in [0.4, 0.5) is 10.5 Å². The van der Waals surface area contributed by atoms with Gasteiger partial charge in [-0.2, -0.15) is 0 Å². The summed E-state index contributed by atoms with van der Waals surface area (Å²) in [6, 6.07) is 6.19. The molecule has 23 heavy (non-hydrogen) atoms. The number of likely N-dealkylation sites (tertiary alicyclic amines) is 1. The molecule has 6 nitrogen and oxygen atoms in total. The number of para-hydroxylation sites is 1. The van der Waals surface area contributed by atoms with E-state index in [9.17, 15) is 9.59 Å². The standard InChI is InChI=1S/C16H20BrN3O3/c1-2-23-16(22)19-7-6-13-11(8-19)10-4-3-5-12(17)15(10)20(13)9-14(18)21/h3-5,11,13H,2,6-9H2,1H3,(H2,18,21). The van der Waals surface area contributed by atoms with E-state index in [1.54, 1.807) is 11.8 Å². The summed E-state index contributed by atoms with van der Waals surface area (Å²) in [6.07, 6.45) is 0.522. The second kappa shape index (κ2) is 6.39. The summed E-state index contributed by atoms with van der Waals surface area (Å²) >= 11 is 3.58. The van der Waals surface area contributed by atoms with Crippen LogP contribution in [0.2, 0.25) is 0 Å². The third-order valence-electron chi connectivity index (χ3n) is 4.53. The minimum absolute atomic E-state index is 0.167. The Morgan fingerprint density at radius 2 is 2.22 bits per heavy atom. The van der Waals surface area contributed by atoms with E-state index in [1.807, 2.05) is 12.1 Å². The lowest BCUT2D eigenvalue weighted by Crippen LogP contribution is -2.50. The van der Waals surface area contributed by atoms with Gasteiger partial charge < -0.3 is 20.3 Å². The molecule has 124 valence electrons. The number of carbonyl (C=O) groups excluding carboxylic acids is 2. The molecule has 0 bridgehead atoms. The van der Waals surface area contributed by atoms with Gasteiger partial charge in [0.2, 0.25) is 5.91 Å². The number of amides is 2. The molecule has 0 radical (unpaired) electrons. The third kappa shape index (κ3) is 2.89. The first-order valence-corrected chi connectivity index (χ1v) is 8.57.